The standard InChI is InChI=1S/C8H17OP.C7H15PS2/c1-7(2)6-8(3,4)10(7,5)9;1-6(2)5-7(3,4)8(6,9)10/h6H2,1-5H3;5H2,1-4H3,(H,9,10)/p-1. The fourth-order valence-corrected chi connectivity index (χ4v) is 10.2. The average molecular weight is 353 g/mol. The number of hydrogen-bond acceptors (Lipinski definition) is 3. The van der Waals surface area contributed by atoms with Gasteiger partial charge in [0.1, 0.15) is 0 Å². The lowest BCUT2D eigenvalue weighted by molar-refractivity contribution is 0.389. The van der Waals surface area contributed by atoms with Crippen LogP contribution in [0, 0.1) is 0 Å². The molecule has 5 heteroatoms. The predicted molar refractivity (Wildman–Crippen MR) is 101 cm³/mol. The summed E-state index contributed by atoms with van der Waals surface area (Å²) in [5.41, 5.74) is 0. The molecule has 0 saturated carbocycles. The van der Waals surface area contributed by atoms with Crippen LogP contribution in [-0.4, -0.2) is 27.3 Å². The van der Waals surface area contributed by atoms with Crippen molar-refractivity contribution in [3.63, 3.8) is 0 Å². The molecule has 0 N–H and O–H groups in total. The van der Waals surface area contributed by atoms with Crippen molar-refractivity contribution in [1.29, 1.82) is 0 Å². The Hall–Kier alpha value is 1.23. The van der Waals surface area contributed by atoms with E-state index in [0.717, 1.165) is 6.42 Å². The second kappa shape index (κ2) is 4.86. The smallest absolute Gasteiger partial charge is 0.0954 e. The van der Waals surface area contributed by atoms with Crippen LogP contribution in [0.1, 0.15) is 68.2 Å². The van der Waals surface area contributed by atoms with Crippen molar-refractivity contribution in [3.8, 4) is 0 Å². The molecule has 2 aliphatic heterocycles. The molecule has 1 nitrogen and oxygen atoms in total. The Kier molecular flexibility index (Phi) is 4.69. The molecule has 2 fully saturated rings. The van der Waals surface area contributed by atoms with Gasteiger partial charge in [0.15, 0.2) is 0 Å². The molecule has 2 heterocycles. The molecule has 2 saturated heterocycles. The van der Waals surface area contributed by atoms with Crippen LogP contribution < -0.4 is 0 Å². The van der Waals surface area contributed by atoms with E-state index < -0.39 is 12.4 Å². The highest BCUT2D eigenvalue weighted by Gasteiger charge is 2.59. The summed E-state index contributed by atoms with van der Waals surface area (Å²) in [6, 6.07) is 0. The highest BCUT2D eigenvalue weighted by atomic mass is 32.9. The Morgan fingerprint density at radius 1 is 0.800 bits per heavy atom. The molecule has 0 aliphatic carbocycles. The Morgan fingerprint density at radius 3 is 1.05 bits per heavy atom. The fraction of sp³-hybridized carbons (Fsp3) is 1.00. The summed E-state index contributed by atoms with van der Waals surface area (Å²) >= 11 is 10.9. The zero-order chi connectivity index (χ0) is 16.4. The molecule has 120 valence electrons. The first-order valence-electron chi connectivity index (χ1n) is 7.30. The molecule has 0 aromatic heterocycles. The van der Waals surface area contributed by atoms with Gasteiger partial charge >= 0.3 is 0 Å². The second-order valence-electron chi connectivity index (χ2n) is 9.08. The summed E-state index contributed by atoms with van der Waals surface area (Å²) in [5, 5.41) is -0.654. The second-order valence-corrected chi connectivity index (χ2v) is 20.9. The molecule has 0 atom stereocenters. The van der Waals surface area contributed by atoms with E-state index in [1.54, 1.807) is 0 Å². The van der Waals surface area contributed by atoms with E-state index >= 15 is 0 Å². The predicted octanol–water partition coefficient (Wildman–Crippen LogP) is 5.83. The van der Waals surface area contributed by atoms with E-state index in [2.05, 4.69) is 55.4 Å². The van der Waals surface area contributed by atoms with Gasteiger partial charge < -0.3 is 16.8 Å². The zero-order valence-electron chi connectivity index (χ0n) is 14.5. The minimum atomic E-state index is -1.87. The Morgan fingerprint density at radius 2 is 1.05 bits per heavy atom. The Labute approximate surface area is 136 Å². The van der Waals surface area contributed by atoms with Gasteiger partial charge in [-0.15, -0.1) is 11.8 Å². The van der Waals surface area contributed by atoms with Crippen LogP contribution in [0.15, 0.2) is 0 Å². The van der Waals surface area contributed by atoms with Crippen LogP contribution in [0.5, 0.6) is 0 Å². The van der Waals surface area contributed by atoms with Crippen LogP contribution >= 0.6 is 12.4 Å². The lowest BCUT2D eigenvalue weighted by atomic mass is 9.96. The fourth-order valence-electron chi connectivity index (χ4n) is 4.08. The maximum absolute atomic E-state index is 12.0. The van der Waals surface area contributed by atoms with E-state index in [0.29, 0.717) is 10.3 Å². The molecular formula is C15H31OP2S2-. The van der Waals surface area contributed by atoms with Crippen LogP contribution in [0.25, 0.3) is 0 Å². The van der Waals surface area contributed by atoms with Gasteiger partial charge in [0.05, 0.1) is 7.14 Å². The molecule has 0 aromatic rings. The van der Waals surface area contributed by atoms with Gasteiger partial charge in [-0.25, -0.2) is 0 Å². The van der Waals surface area contributed by atoms with Gasteiger partial charge in [-0.3, -0.25) is 0 Å². The van der Waals surface area contributed by atoms with Crippen LogP contribution in [0.2, 0.25) is 0 Å². The summed E-state index contributed by atoms with van der Waals surface area (Å²) < 4.78 is 12.0. The van der Waals surface area contributed by atoms with Crippen molar-refractivity contribution in [2.24, 2.45) is 0 Å². The topological polar surface area (TPSA) is 17.1 Å². The van der Waals surface area contributed by atoms with Crippen LogP contribution in [-0.2, 0) is 28.6 Å². The molecule has 0 radical (unpaired) electrons. The van der Waals surface area contributed by atoms with Crippen LogP contribution in [0.3, 0.4) is 0 Å². The quantitative estimate of drug-likeness (QED) is 0.403. The molecule has 0 amide bonds. The first-order chi connectivity index (χ1) is 8.41. The third kappa shape index (κ3) is 2.64. The number of rotatable bonds is 0. The third-order valence-electron chi connectivity index (χ3n) is 5.63. The van der Waals surface area contributed by atoms with Crippen molar-refractivity contribution in [2.45, 2.75) is 88.9 Å². The third-order valence-corrected chi connectivity index (χ3v) is 20.0. The van der Waals surface area contributed by atoms with Gasteiger partial charge in [-0.1, -0.05) is 55.4 Å². The monoisotopic (exact) mass is 353 g/mol. The SMILES string of the molecule is CC1(C)CC(C)(C)P1(=S)[S-].CC1(C)CC(C)(C)P1(C)=O. The van der Waals surface area contributed by atoms with Gasteiger partial charge in [0.2, 0.25) is 0 Å². The van der Waals surface area contributed by atoms with Gasteiger partial charge in [0, 0.05) is 10.3 Å². The van der Waals surface area contributed by atoms with E-state index in [-0.39, 0.29) is 10.3 Å². The molecule has 0 unspecified atom stereocenters. The normalized spacial score (nSPS) is 32.9. The van der Waals surface area contributed by atoms with E-state index in [1.165, 1.54) is 6.42 Å². The van der Waals surface area contributed by atoms with Gasteiger partial charge in [-0.05, 0) is 29.8 Å². The molecule has 0 bridgehead atoms. The van der Waals surface area contributed by atoms with Crippen molar-refractivity contribution in [3.05, 3.63) is 0 Å². The highest BCUT2D eigenvalue weighted by Crippen LogP contribution is 2.78. The minimum absolute atomic E-state index is 0.108. The maximum Gasteiger partial charge on any atom is 0.0954 e. The summed E-state index contributed by atoms with van der Waals surface area (Å²) in [7, 11) is -1.87. The molecule has 2 rings (SSSR count). The van der Waals surface area contributed by atoms with Crippen molar-refractivity contribution >= 4 is 36.4 Å². The number of hydrogen-bond donors (Lipinski definition) is 0. The summed E-state index contributed by atoms with van der Waals surface area (Å²) in [4.78, 5) is 0. The van der Waals surface area contributed by atoms with Crippen molar-refractivity contribution in [2.75, 3.05) is 6.66 Å². The van der Waals surface area contributed by atoms with Gasteiger partial charge in [-0.2, -0.15) is 5.24 Å². The maximum atomic E-state index is 12.0. The summed E-state index contributed by atoms with van der Waals surface area (Å²) in [6.07, 6.45) is 2.31. The molecule has 0 spiro atoms. The van der Waals surface area contributed by atoms with Gasteiger partial charge in [0.25, 0.3) is 0 Å². The highest BCUT2D eigenvalue weighted by molar-refractivity contribution is 8.56. The molecule has 20 heavy (non-hydrogen) atoms. The summed E-state index contributed by atoms with van der Waals surface area (Å²) in [5.74, 6) is 0. The Bertz CT molecular complexity index is 422. The molecular weight excluding hydrogens is 322 g/mol. The van der Waals surface area contributed by atoms with E-state index in [9.17, 15) is 4.57 Å². The lowest BCUT2D eigenvalue weighted by Crippen LogP contribution is -2.47. The van der Waals surface area contributed by atoms with Crippen molar-refractivity contribution < 1.29 is 4.57 Å². The lowest BCUT2D eigenvalue weighted by Gasteiger charge is -2.67. The zero-order valence-corrected chi connectivity index (χ0v) is 18.0. The van der Waals surface area contributed by atoms with Crippen molar-refractivity contribution in [1.82, 2.24) is 0 Å². The average Bonchev–Trinajstić information content (AvgIpc) is 2.13. The first kappa shape index (κ1) is 19.3. The van der Waals surface area contributed by atoms with E-state index in [1.807, 2.05) is 6.66 Å². The minimum Gasteiger partial charge on any atom is -0.745 e. The molecule has 2 aliphatic rings. The first-order valence-corrected chi connectivity index (χ1v) is 13.3. The van der Waals surface area contributed by atoms with E-state index in [4.69, 9.17) is 24.1 Å². The molecule has 0 aromatic carbocycles. The largest absolute Gasteiger partial charge is 0.745 e. The Balaban J connectivity index is 0.000000200. The van der Waals surface area contributed by atoms with Crippen LogP contribution in [0.4, 0.5) is 0 Å². The summed E-state index contributed by atoms with van der Waals surface area (Å²) in [6.45, 7) is 19.2.